The highest BCUT2D eigenvalue weighted by molar-refractivity contribution is 14.1. The van der Waals surface area contributed by atoms with Crippen LogP contribution in [0.5, 0.6) is 0 Å². The molecule has 2 rings (SSSR count). The molecule has 0 amide bonds. The van der Waals surface area contributed by atoms with Crippen LogP contribution in [0.1, 0.15) is 10.5 Å². The van der Waals surface area contributed by atoms with Gasteiger partial charge in [-0.3, -0.25) is 0 Å². The van der Waals surface area contributed by atoms with Crippen molar-refractivity contribution in [2.24, 2.45) is 0 Å². The average molecular weight is 401 g/mol. The number of aliphatic hydroxyl groups is 4. The van der Waals surface area contributed by atoms with Crippen molar-refractivity contribution in [1.82, 2.24) is 15.0 Å². The fourth-order valence-corrected chi connectivity index (χ4v) is 2.58. The van der Waals surface area contributed by atoms with Crippen LogP contribution in [0.25, 0.3) is 0 Å². The quantitative estimate of drug-likeness (QED) is 0.316. The van der Waals surface area contributed by atoms with Gasteiger partial charge < -0.3 is 29.9 Å². The summed E-state index contributed by atoms with van der Waals surface area (Å²) in [5, 5.41) is 45.9. The van der Waals surface area contributed by atoms with E-state index in [1.54, 1.807) is 22.6 Å². The number of carbonyl (C=O) groups excluding carboxylic acids is 1. The van der Waals surface area contributed by atoms with Crippen molar-refractivity contribution in [3.8, 4) is 0 Å². The number of halogens is 1. The summed E-state index contributed by atoms with van der Waals surface area (Å²) in [5.74, 6) is -3.22. The van der Waals surface area contributed by atoms with E-state index in [2.05, 4.69) is 15.0 Å². The summed E-state index contributed by atoms with van der Waals surface area (Å²) in [6.45, 7) is -0.615. The highest BCUT2D eigenvalue weighted by atomic mass is 127. The Morgan fingerprint density at radius 3 is 2.75 bits per heavy atom. The van der Waals surface area contributed by atoms with Crippen LogP contribution in [0.15, 0.2) is 0 Å². The van der Waals surface area contributed by atoms with Crippen molar-refractivity contribution in [2.45, 2.75) is 24.2 Å². The maximum Gasteiger partial charge on any atom is 0.361 e. The zero-order valence-corrected chi connectivity index (χ0v) is 12.3. The summed E-state index contributed by atoms with van der Waals surface area (Å²) >= 11 is 1.65. The Hall–Kier alpha value is -0.860. The minimum atomic E-state index is -2.44. The van der Waals surface area contributed by atoms with Gasteiger partial charge in [-0.05, 0) is 22.6 Å². The van der Waals surface area contributed by atoms with E-state index >= 15 is 0 Å². The molecule has 0 aromatic carbocycles. The second-order valence-electron chi connectivity index (χ2n) is 4.07. The molecule has 0 saturated carbocycles. The smallest absolute Gasteiger partial charge is 0.361 e. The van der Waals surface area contributed by atoms with E-state index in [4.69, 9.17) is 9.84 Å². The van der Waals surface area contributed by atoms with Gasteiger partial charge in [-0.2, -0.15) is 4.68 Å². The Morgan fingerprint density at radius 2 is 2.25 bits per heavy atom. The zero-order valence-electron chi connectivity index (χ0n) is 10.2. The van der Waals surface area contributed by atoms with Crippen LogP contribution in [0.2, 0.25) is 0 Å². The Balaban J connectivity index is 2.41. The molecule has 1 aromatic rings. The standard InChI is InChI=1S/C9H12IN3O7/c1-19-8(17)4-7(10)13(12-11-4)9(18)6(16)5(15)3(2-14)20-9/h3,5-6,14-16,18H,2H2,1H3/t3-,5-,6-,9+/m1/s1. The van der Waals surface area contributed by atoms with E-state index in [0.717, 1.165) is 11.8 Å². The van der Waals surface area contributed by atoms with Crippen LogP contribution in [0.3, 0.4) is 0 Å². The second kappa shape index (κ2) is 5.50. The molecule has 0 unspecified atom stereocenters. The van der Waals surface area contributed by atoms with E-state index in [0.29, 0.717) is 0 Å². The number of rotatable bonds is 3. The average Bonchev–Trinajstić information content (AvgIpc) is 2.93. The van der Waals surface area contributed by atoms with Crippen molar-refractivity contribution < 1.29 is 34.7 Å². The lowest BCUT2D eigenvalue weighted by Crippen LogP contribution is -2.47. The normalized spacial score (nSPS) is 33.4. The molecular weight excluding hydrogens is 389 g/mol. The van der Waals surface area contributed by atoms with E-state index in [1.807, 2.05) is 0 Å². The highest BCUT2D eigenvalue weighted by Crippen LogP contribution is 2.34. The first-order chi connectivity index (χ1) is 9.36. The van der Waals surface area contributed by atoms with Crippen LogP contribution in [-0.2, 0) is 15.4 Å². The van der Waals surface area contributed by atoms with Gasteiger partial charge in [0.25, 0.3) is 0 Å². The van der Waals surface area contributed by atoms with Crippen molar-refractivity contribution in [3.05, 3.63) is 9.39 Å². The van der Waals surface area contributed by atoms with Gasteiger partial charge in [-0.25, -0.2) is 4.79 Å². The first-order valence-electron chi connectivity index (χ1n) is 5.44. The lowest BCUT2D eigenvalue weighted by atomic mass is 10.1. The van der Waals surface area contributed by atoms with Crippen LogP contribution in [0.4, 0.5) is 0 Å². The highest BCUT2D eigenvalue weighted by Gasteiger charge is 2.56. The van der Waals surface area contributed by atoms with Gasteiger partial charge in [-0.1, -0.05) is 5.21 Å². The lowest BCUT2D eigenvalue weighted by molar-refractivity contribution is -0.296. The molecule has 0 radical (unpaired) electrons. The van der Waals surface area contributed by atoms with Gasteiger partial charge in [0.05, 0.1) is 13.7 Å². The number of ether oxygens (including phenoxy) is 2. The fraction of sp³-hybridized carbons (Fsp3) is 0.667. The first kappa shape index (κ1) is 15.5. The molecule has 112 valence electrons. The molecule has 1 aliphatic heterocycles. The van der Waals surface area contributed by atoms with E-state index < -0.39 is 36.8 Å². The van der Waals surface area contributed by atoms with Gasteiger partial charge in [-0.15, -0.1) is 5.10 Å². The predicted octanol–water partition coefficient (Wildman–Crippen LogP) is -2.62. The zero-order chi connectivity index (χ0) is 15.1. The van der Waals surface area contributed by atoms with Crippen LogP contribution >= 0.6 is 22.6 Å². The Kier molecular flexibility index (Phi) is 4.27. The third kappa shape index (κ3) is 2.19. The maximum atomic E-state index is 11.4. The summed E-state index contributed by atoms with van der Waals surface area (Å²) in [7, 11) is 1.15. The maximum absolute atomic E-state index is 11.4. The summed E-state index contributed by atoms with van der Waals surface area (Å²) in [4.78, 5) is 11.4. The first-order valence-corrected chi connectivity index (χ1v) is 6.51. The molecule has 0 spiro atoms. The van der Waals surface area contributed by atoms with Gasteiger partial charge in [0.2, 0.25) is 5.69 Å². The molecule has 4 atom stereocenters. The van der Waals surface area contributed by atoms with Crippen LogP contribution in [-0.4, -0.2) is 73.4 Å². The van der Waals surface area contributed by atoms with E-state index in [-0.39, 0.29) is 9.39 Å². The molecule has 4 N–H and O–H groups in total. The number of hydrogen-bond acceptors (Lipinski definition) is 9. The minimum Gasteiger partial charge on any atom is -0.464 e. The number of aliphatic hydroxyl groups excluding tert-OH is 3. The van der Waals surface area contributed by atoms with Crippen LogP contribution in [0, 0.1) is 3.70 Å². The Morgan fingerprint density at radius 1 is 1.60 bits per heavy atom. The van der Waals surface area contributed by atoms with Crippen molar-refractivity contribution in [2.75, 3.05) is 13.7 Å². The largest absolute Gasteiger partial charge is 0.464 e. The van der Waals surface area contributed by atoms with Gasteiger partial charge >= 0.3 is 11.9 Å². The third-order valence-corrected chi connectivity index (χ3v) is 3.86. The SMILES string of the molecule is COC(=O)c1nnn([C@@]2(O)O[C@H](CO)[C@@H](O)[C@H]2O)c1I. The van der Waals surface area contributed by atoms with Crippen molar-refractivity contribution in [3.63, 3.8) is 0 Å². The molecule has 0 aliphatic carbocycles. The Labute approximate surface area is 126 Å². The molecule has 1 aromatic heterocycles. The second-order valence-corrected chi connectivity index (χ2v) is 5.09. The number of aromatic nitrogens is 3. The van der Waals surface area contributed by atoms with Crippen molar-refractivity contribution in [1.29, 1.82) is 0 Å². The van der Waals surface area contributed by atoms with Gasteiger partial charge in [0.1, 0.15) is 15.9 Å². The van der Waals surface area contributed by atoms with Crippen molar-refractivity contribution >= 4 is 28.6 Å². The molecule has 0 bridgehead atoms. The predicted molar refractivity (Wildman–Crippen MR) is 68.2 cm³/mol. The van der Waals surface area contributed by atoms with E-state index in [9.17, 15) is 20.1 Å². The molecule has 1 saturated heterocycles. The Bertz CT molecular complexity index is 524. The molecule has 10 nitrogen and oxygen atoms in total. The lowest BCUT2D eigenvalue weighted by Gasteiger charge is -2.25. The number of esters is 1. The van der Waals surface area contributed by atoms with E-state index in [1.165, 1.54) is 0 Å². The fourth-order valence-electron chi connectivity index (χ4n) is 1.81. The minimum absolute atomic E-state index is 0.0433. The number of methoxy groups -OCH3 is 1. The summed E-state index contributed by atoms with van der Waals surface area (Å²) in [5.41, 5.74) is -0.181. The monoisotopic (exact) mass is 401 g/mol. The summed E-state index contributed by atoms with van der Waals surface area (Å²) < 4.78 is 10.3. The molecule has 1 fully saturated rings. The summed E-state index contributed by atoms with van der Waals surface area (Å²) in [6.07, 6.45) is -4.50. The molecule has 1 aliphatic rings. The molecule has 2 heterocycles. The van der Waals surface area contributed by atoms with Gasteiger partial charge in [0.15, 0.2) is 6.10 Å². The topological polar surface area (TPSA) is 147 Å². The number of hydrogen-bond donors (Lipinski definition) is 4. The molecule has 11 heteroatoms. The summed E-state index contributed by atoms with van der Waals surface area (Å²) in [6, 6.07) is 0. The molecule has 20 heavy (non-hydrogen) atoms. The molecular formula is C9H12IN3O7. The number of carbonyl (C=O) groups is 1. The third-order valence-electron chi connectivity index (χ3n) is 2.89. The van der Waals surface area contributed by atoms with Gasteiger partial charge in [0, 0.05) is 0 Å². The number of nitrogens with zero attached hydrogens (tertiary/aromatic N) is 3. The van der Waals surface area contributed by atoms with Crippen LogP contribution < -0.4 is 0 Å².